The Kier molecular flexibility index (Phi) is 19.7. The first-order chi connectivity index (χ1) is 10.6. The minimum atomic E-state index is -1.78. The molecule has 0 heterocycles. The van der Waals surface area contributed by atoms with Gasteiger partial charge in [-0.2, -0.15) is 0 Å². The number of unbranched alkanes of at least 4 members (excludes halogenated alkanes) is 15. The Hall–Kier alpha value is 2.15. The summed E-state index contributed by atoms with van der Waals surface area (Å²) in [5.74, 6) is 0. The van der Waals surface area contributed by atoms with Crippen LogP contribution in [0.1, 0.15) is 110 Å². The van der Waals surface area contributed by atoms with Crippen molar-refractivity contribution in [1.29, 1.82) is 0 Å². The van der Waals surface area contributed by atoms with Gasteiger partial charge < -0.3 is 0 Å². The maximum atomic E-state index is 3.74. The summed E-state index contributed by atoms with van der Waals surface area (Å²) in [5.41, 5.74) is 0. The minimum absolute atomic E-state index is 1.33. The molecule has 0 saturated carbocycles. The number of hydrogen-bond donors (Lipinski definition) is 0. The van der Waals surface area contributed by atoms with Crippen molar-refractivity contribution >= 4 is 39.5 Å². The molecule has 0 spiro atoms. The second-order valence-corrected chi connectivity index (χ2v) is 39.3. The van der Waals surface area contributed by atoms with E-state index in [-0.39, 0.29) is 0 Å². The molecule has 0 N–H and O–H groups in total. The predicted octanol–water partition coefficient (Wildman–Crippen LogP) is 9.75. The fraction of sp³-hybridized carbons (Fsp3) is 1.00. The van der Waals surface area contributed by atoms with E-state index in [9.17, 15) is 0 Å². The number of rotatable bonds is 17. The van der Waals surface area contributed by atoms with Gasteiger partial charge in [-0.15, -0.1) is 0 Å². The molecule has 22 heavy (non-hydrogen) atoms. The van der Waals surface area contributed by atoms with E-state index in [0.717, 1.165) is 0 Å². The van der Waals surface area contributed by atoms with Crippen LogP contribution in [0.5, 0.6) is 0 Å². The van der Waals surface area contributed by atoms with E-state index in [1.54, 1.807) is 0 Å². The molecular weight excluding hydrogens is 504 g/mol. The van der Waals surface area contributed by atoms with E-state index in [1.807, 2.05) is 0 Å². The molecule has 0 atom stereocenters. The third kappa shape index (κ3) is 22.2. The van der Waals surface area contributed by atoms with Crippen molar-refractivity contribution in [1.82, 2.24) is 0 Å². The van der Waals surface area contributed by atoms with E-state index >= 15 is 0 Å². The van der Waals surface area contributed by atoms with E-state index in [2.05, 4.69) is 46.4 Å². The molecule has 0 aromatic carbocycles. The summed E-state index contributed by atoms with van der Waals surface area (Å²) >= 11 is 11.2. The van der Waals surface area contributed by atoms with Crippen LogP contribution in [0.3, 0.4) is 0 Å². The fourth-order valence-electron chi connectivity index (χ4n) is 2.87. The van der Waals surface area contributed by atoms with Crippen LogP contribution in [0, 0.1) is 0 Å². The maximum absolute atomic E-state index is 3.74. The summed E-state index contributed by atoms with van der Waals surface area (Å²) in [6.07, 6.45) is 23.2. The van der Waals surface area contributed by atoms with Crippen molar-refractivity contribution in [3.63, 3.8) is 0 Å². The molecule has 0 bridgehead atoms. The molecule has 0 unspecified atom stereocenters. The van der Waals surface area contributed by atoms with Gasteiger partial charge in [0, 0.05) is 0 Å². The van der Waals surface area contributed by atoms with Gasteiger partial charge in [-0.3, -0.25) is 0 Å². The molecule has 0 rings (SSSR count). The Morgan fingerprint density at radius 3 is 1.00 bits per heavy atom. The monoisotopic (exact) mass is 538 g/mol. The van der Waals surface area contributed by atoms with Gasteiger partial charge in [0.1, 0.15) is 0 Å². The van der Waals surface area contributed by atoms with Crippen molar-refractivity contribution in [3.05, 3.63) is 0 Å². The summed E-state index contributed by atoms with van der Waals surface area (Å²) in [4.78, 5) is 0. The van der Waals surface area contributed by atoms with Crippen molar-refractivity contribution in [3.8, 4) is 0 Å². The quantitative estimate of drug-likeness (QED) is 0.127. The van der Waals surface area contributed by atoms with Crippen molar-refractivity contribution in [2.45, 2.75) is 114 Å². The Labute approximate surface area is 162 Å². The molecule has 0 aliphatic carbocycles. The Morgan fingerprint density at radius 1 is 0.455 bits per heavy atom. The Bertz CT molecular complexity index is 217. The molecule has 134 valence electrons. The summed E-state index contributed by atoms with van der Waals surface area (Å²) < 4.78 is 1.33. The van der Waals surface area contributed by atoms with Gasteiger partial charge in [0.15, 0.2) is 0 Å². The van der Waals surface area contributed by atoms with Gasteiger partial charge in [0.05, 0.1) is 0 Å². The summed E-state index contributed by atoms with van der Waals surface area (Å²) in [7, 11) is -1.78. The first-order valence-electron chi connectivity index (χ1n) is 9.63. The normalized spacial score (nSPS) is 12.0. The third-order valence-corrected chi connectivity index (χ3v) is 10.7. The van der Waals surface area contributed by atoms with Crippen LogP contribution in [-0.4, -0.2) is 0 Å². The van der Waals surface area contributed by atoms with Crippen LogP contribution < -0.4 is 0 Å². The second kappa shape index (κ2) is 18.0. The fourth-order valence-corrected chi connectivity index (χ4v) is 7.36. The standard InChI is InChI=1S/C18H37.3BrH.Ti/c1-3-5-7-9-11-13-15-17-18-16-14-12-10-8-6-4-2;;;;/h1,3-18H2,2H3;3*1H;/q;;;;+3/p-3. The zero-order chi connectivity index (χ0) is 16.5. The van der Waals surface area contributed by atoms with Crippen LogP contribution in [0.25, 0.3) is 0 Å². The molecule has 0 amide bonds. The molecule has 0 aliphatic rings. The second-order valence-electron chi connectivity index (χ2n) is 6.67. The van der Waals surface area contributed by atoms with Crippen LogP contribution >= 0.6 is 39.5 Å². The summed E-state index contributed by atoms with van der Waals surface area (Å²) in [6, 6.07) is 0. The van der Waals surface area contributed by atoms with Gasteiger partial charge in [-0.1, -0.05) is 39.0 Å². The van der Waals surface area contributed by atoms with E-state index in [4.69, 9.17) is 0 Å². The molecule has 4 heteroatoms. The van der Waals surface area contributed by atoms with E-state index in [0.29, 0.717) is 0 Å². The molecular formula is C18H37Br3Ti. The molecule has 0 radical (unpaired) electrons. The number of hydrogen-bond acceptors (Lipinski definition) is 0. The molecule has 0 fully saturated rings. The Balaban J connectivity index is 3.00. The van der Waals surface area contributed by atoms with Gasteiger partial charge >= 0.3 is 125 Å². The van der Waals surface area contributed by atoms with Crippen LogP contribution in [-0.2, 0) is 10.3 Å². The third-order valence-electron chi connectivity index (χ3n) is 4.31. The first kappa shape index (κ1) is 24.2. The van der Waals surface area contributed by atoms with Crippen molar-refractivity contribution in [2.75, 3.05) is 0 Å². The zero-order valence-electron chi connectivity index (χ0n) is 14.7. The van der Waals surface area contributed by atoms with Crippen LogP contribution in [0.15, 0.2) is 0 Å². The molecule has 0 aliphatic heterocycles. The summed E-state index contributed by atoms with van der Waals surface area (Å²) in [5, 5.41) is 0. The average molecular weight is 541 g/mol. The first-order valence-corrected chi connectivity index (χ1v) is 22.3. The van der Waals surface area contributed by atoms with Gasteiger partial charge in [-0.05, 0) is 0 Å². The van der Waals surface area contributed by atoms with Crippen molar-refractivity contribution in [2.24, 2.45) is 0 Å². The Morgan fingerprint density at radius 2 is 0.727 bits per heavy atom. The van der Waals surface area contributed by atoms with Gasteiger partial charge in [0.2, 0.25) is 0 Å². The topological polar surface area (TPSA) is 0 Å². The molecule has 0 nitrogen and oxygen atoms in total. The van der Waals surface area contributed by atoms with Crippen molar-refractivity contribution < 1.29 is 10.3 Å². The van der Waals surface area contributed by atoms with E-state index in [1.165, 1.54) is 107 Å². The zero-order valence-corrected chi connectivity index (χ0v) is 21.0. The van der Waals surface area contributed by atoms with E-state index < -0.39 is 10.3 Å². The van der Waals surface area contributed by atoms with Crippen LogP contribution in [0.2, 0.25) is 4.73 Å². The van der Waals surface area contributed by atoms with Gasteiger partial charge in [-0.25, -0.2) is 0 Å². The summed E-state index contributed by atoms with van der Waals surface area (Å²) in [6.45, 7) is 2.29. The van der Waals surface area contributed by atoms with Gasteiger partial charge in [0.25, 0.3) is 0 Å². The molecule has 0 saturated heterocycles. The van der Waals surface area contributed by atoms with Crippen LogP contribution in [0.4, 0.5) is 0 Å². The molecule has 0 aromatic heterocycles. The average Bonchev–Trinajstić information content (AvgIpc) is 2.45. The predicted molar refractivity (Wildman–Crippen MR) is 111 cm³/mol. The molecule has 0 aromatic rings. The number of halogens is 3. The SMILES string of the molecule is CCCCCCCCCCCCCCCCC[CH2][Ti]([Br])([Br])[Br].